The quantitative estimate of drug-likeness (QED) is 0.327. The number of hydrogen-bond donors (Lipinski definition) is 0. The molecule has 8 heteroatoms. The van der Waals surface area contributed by atoms with E-state index in [2.05, 4.69) is 21.0 Å². The molecular weight excluding hydrogens is 282 g/mol. The number of methoxy groups -OCH3 is 1. The van der Waals surface area contributed by atoms with Crippen LogP contribution in [0.3, 0.4) is 0 Å². The number of aromatic nitrogens is 2. The zero-order valence-electron chi connectivity index (χ0n) is 8.76. The standard InChI is InChI=1S/C8H12BrN3O4/c1-15-8-7(12(13)14)6-11(10-8)3-5-16-4-2-9/h6H,2-5H2,1H3. The van der Waals surface area contributed by atoms with Gasteiger partial charge in [0.25, 0.3) is 0 Å². The van der Waals surface area contributed by atoms with Gasteiger partial charge in [-0.25, -0.2) is 0 Å². The first-order chi connectivity index (χ1) is 7.69. The molecule has 1 rings (SSSR count). The maximum atomic E-state index is 10.6. The summed E-state index contributed by atoms with van der Waals surface area (Å²) in [4.78, 5) is 10.1. The second-order valence-corrected chi connectivity index (χ2v) is 3.64. The van der Waals surface area contributed by atoms with Crippen molar-refractivity contribution in [3.63, 3.8) is 0 Å². The second kappa shape index (κ2) is 6.44. The third-order valence-electron chi connectivity index (χ3n) is 1.79. The largest absolute Gasteiger partial charge is 0.475 e. The molecule has 0 bridgehead atoms. The Kier molecular flexibility index (Phi) is 5.20. The summed E-state index contributed by atoms with van der Waals surface area (Å²) in [5, 5.41) is 15.3. The molecule has 1 heterocycles. The van der Waals surface area contributed by atoms with Crippen LogP contribution in [-0.2, 0) is 11.3 Å². The molecule has 0 aliphatic carbocycles. The molecule has 90 valence electrons. The van der Waals surface area contributed by atoms with Crippen LogP contribution >= 0.6 is 15.9 Å². The summed E-state index contributed by atoms with van der Waals surface area (Å²) < 4.78 is 11.4. The molecular formula is C8H12BrN3O4. The van der Waals surface area contributed by atoms with Crippen LogP contribution in [0.2, 0.25) is 0 Å². The van der Waals surface area contributed by atoms with E-state index in [9.17, 15) is 10.1 Å². The van der Waals surface area contributed by atoms with Gasteiger partial charge in [0, 0.05) is 5.33 Å². The first kappa shape index (κ1) is 12.9. The van der Waals surface area contributed by atoms with Crippen molar-refractivity contribution in [2.75, 3.05) is 25.7 Å². The van der Waals surface area contributed by atoms with Gasteiger partial charge in [-0.3, -0.25) is 14.8 Å². The molecule has 0 unspecified atom stereocenters. The first-order valence-electron chi connectivity index (χ1n) is 4.58. The summed E-state index contributed by atoms with van der Waals surface area (Å²) in [5.41, 5.74) is -0.136. The lowest BCUT2D eigenvalue weighted by Gasteiger charge is -2.01. The predicted molar refractivity (Wildman–Crippen MR) is 60.0 cm³/mol. The number of nitrogens with zero attached hydrogens (tertiary/aromatic N) is 3. The molecule has 0 atom stereocenters. The van der Waals surface area contributed by atoms with Gasteiger partial charge in [0.2, 0.25) is 0 Å². The lowest BCUT2D eigenvalue weighted by atomic mass is 10.5. The highest BCUT2D eigenvalue weighted by molar-refractivity contribution is 9.09. The fourth-order valence-electron chi connectivity index (χ4n) is 1.09. The maximum Gasteiger partial charge on any atom is 0.350 e. The Morgan fingerprint density at radius 2 is 2.38 bits per heavy atom. The Bertz CT molecular complexity index is 355. The van der Waals surface area contributed by atoms with Crippen molar-refractivity contribution in [1.82, 2.24) is 9.78 Å². The smallest absolute Gasteiger partial charge is 0.350 e. The van der Waals surface area contributed by atoms with Crippen LogP contribution in [0.25, 0.3) is 0 Å². The molecule has 0 aliphatic heterocycles. The highest BCUT2D eigenvalue weighted by Crippen LogP contribution is 2.23. The molecule has 0 saturated heterocycles. The van der Waals surface area contributed by atoms with Crippen molar-refractivity contribution in [2.24, 2.45) is 0 Å². The summed E-state index contributed by atoms with van der Waals surface area (Å²) in [6.45, 7) is 1.51. The van der Waals surface area contributed by atoms with Crippen molar-refractivity contribution < 1.29 is 14.4 Å². The van der Waals surface area contributed by atoms with E-state index in [4.69, 9.17) is 9.47 Å². The van der Waals surface area contributed by atoms with E-state index in [0.717, 1.165) is 5.33 Å². The van der Waals surface area contributed by atoms with Crippen LogP contribution in [0.15, 0.2) is 6.20 Å². The van der Waals surface area contributed by atoms with Gasteiger partial charge >= 0.3 is 11.6 Å². The minimum absolute atomic E-state index is 0.0190. The third kappa shape index (κ3) is 3.46. The minimum Gasteiger partial charge on any atom is -0.475 e. The maximum absolute atomic E-state index is 10.6. The average molecular weight is 294 g/mol. The Balaban J connectivity index is 2.57. The van der Waals surface area contributed by atoms with Crippen molar-refractivity contribution in [1.29, 1.82) is 0 Å². The molecule has 0 spiro atoms. The zero-order chi connectivity index (χ0) is 12.0. The van der Waals surface area contributed by atoms with Gasteiger partial charge in [0.15, 0.2) is 0 Å². The molecule has 16 heavy (non-hydrogen) atoms. The van der Waals surface area contributed by atoms with Crippen LogP contribution in [0.1, 0.15) is 0 Å². The minimum atomic E-state index is -0.526. The molecule has 0 radical (unpaired) electrons. The lowest BCUT2D eigenvalue weighted by molar-refractivity contribution is -0.385. The molecule has 0 aliphatic rings. The molecule has 0 aromatic carbocycles. The molecule has 0 N–H and O–H groups in total. The van der Waals surface area contributed by atoms with Crippen LogP contribution in [0, 0.1) is 10.1 Å². The lowest BCUT2D eigenvalue weighted by Crippen LogP contribution is -2.07. The fourth-order valence-corrected chi connectivity index (χ4v) is 1.32. The Hall–Kier alpha value is -1.15. The summed E-state index contributed by atoms with van der Waals surface area (Å²) in [6, 6.07) is 0. The van der Waals surface area contributed by atoms with Gasteiger partial charge in [-0.1, -0.05) is 15.9 Å². The van der Waals surface area contributed by atoms with Crippen molar-refractivity contribution >= 4 is 21.6 Å². The van der Waals surface area contributed by atoms with Crippen LogP contribution in [0.4, 0.5) is 5.69 Å². The normalized spacial score (nSPS) is 10.4. The average Bonchev–Trinajstić information content (AvgIpc) is 2.68. The predicted octanol–water partition coefficient (Wildman–Crippen LogP) is 1.21. The summed E-state index contributed by atoms with van der Waals surface area (Å²) >= 11 is 3.23. The van der Waals surface area contributed by atoms with Crippen LogP contribution < -0.4 is 4.74 Å². The van der Waals surface area contributed by atoms with E-state index in [1.807, 2.05) is 0 Å². The molecule has 0 amide bonds. The number of rotatable bonds is 7. The summed E-state index contributed by atoms with van der Waals surface area (Å²) in [6.07, 6.45) is 1.33. The Morgan fingerprint density at radius 1 is 1.62 bits per heavy atom. The van der Waals surface area contributed by atoms with Gasteiger partial charge in [0.1, 0.15) is 6.20 Å². The number of nitro groups is 1. The highest BCUT2D eigenvalue weighted by Gasteiger charge is 2.19. The van der Waals surface area contributed by atoms with Crippen LogP contribution in [-0.4, -0.2) is 40.4 Å². The monoisotopic (exact) mass is 293 g/mol. The van der Waals surface area contributed by atoms with Crippen molar-refractivity contribution in [2.45, 2.75) is 6.54 Å². The Labute approximate surface area is 101 Å². The number of ether oxygens (including phenoxy) is 2. The van der Waals surface area contributed by atoms with Gasteiger partial charge in [0.05, 0.1) is 31.8 Å². The van der Waals surface area contributed by atoms with E-state index < -0.39 is 4.92 Å². The van der Waals surface area contributed by atoms with Gasteiger partial charge in [-0.2, -0.15) is 0 Å². The highest BCUT2D eigenvalue weighted by atomic mass is 79.9. The van der Waals surface area contributed by atoms with E-state index >= 15 is 0 Å². The third-order valence-corrected chi connectivity index (χ3v) is 2.11. The summed E-state index contributed by atoms with van der Waals surface area (Å²) in [5.74, 6) is 0.0190. The van der Waals surface area contributed by atoms with Gasteiger partial charge in [-0.05, 0) is 0 Å². The topological polar surface area (TPSA) is 79.4 Å². The Morgan fingerprint density at radius 3 is 2.88 bits per heavy atom. The van der Waals surface area contributed by atoms with Gasteiger partial charge in [-0.15, -0.1) is 5.10 Å². The molecule has 1 aromatic rings. The van der Waals surface area contributed by atoms with Crippen LogP contribution in [0.5, 0.6) is 5.88 Å². The van der Waals surface area contributed by atoms with E-state index in [0.29, 0.717) is 19.8 Å². The van der Waals surface area contributed by atoms with E-state index in [1.54, 1.807) is 0 Å². The summed E-state index contributed by atoms with van der Waals surface area (Å²) in [7, 11) is 1.35. The fraction of sp³-hybridized carbons (Fsp3) is 0.625. The molecule has 0 fully saturated rings. The zero-order valence-corrected chi connectivity index (χ0v) is 10.3. The second-order valence-electron chi connectivity index (χ2n) is 2.85. The van der Waals surface area contributed by atoms with Crippen molar-refractivity contribution in [3.8, 4) is 5.88 Å². The number of hydrogen-bond acceptors (Lipinski definition) is 5. The molecule has 0 saturated carbocycles. The SMILES string of the molecule is COc1nn(CCOCCBr)cc1[N+](=O)[O-]. The molecule has 7 nitrogen and oxygen atoms in total. The number of halogens is 1. The van der Waals surface area contributed by atoms with Gasteiger partial charge < -0.3 is 9.47 Å². The van der Waals surface area contributed by atoms with E-state index in [1.165, 1.54) is 18.0 Å². The number of alkyl halides is 1. The van der Waals surface area contributed by atoms with Crippen molar-refractivity contribution in [3.05, 3.63) is 16.3 Å². The van der Waals surface area contributed by atoms with E-state index in [-0.39, 0.29) is 11.6 Å². The first-order valence-corrected chi connectivity index (χ1v) is 5.70. The molecule has 1 aromatic heterocycles.